The summed E-state index contributed by atoms with van der Waals surface area (Å²) in [6, 6.07) is 0. The van der Waals surface area contributed by atoms with Crippen molar-refractivity contribution in [1.82, 2.24) is 5.32 Å². The summed E-state index contributed by atoms with van der Waals surface area (Å²) in [6.45, 7) is 4.34. The summed E-state index contributed by atoms with van der Waals surface area (Å²) in [5, 5.41) is 2.85. The molecule has 1 rings (SSSR count). The van der Waals surface area contributed by atoms with Crippen molar-refractivity contribution >= 4 is 11.8 Å². The second kappa shape index (κ2) is 3.23. The quantitative estimate of drug-likeness (QED) is 0.459. The van der Waals surface area contributed by atoms with Gasteiger partial charge in [-0.25, -0.2) is 0 Å². The van der Waals surface area contributed by atoms with Gasteiger partial charge >= 0.3 is 5.97 Å². The van der Waals surface area contributed by atoms with Crippen molar-refractivity contribution in [1.29, 1.82) is 0 Å². The molecule has 0 bridgehead atoms. The number of carbonyl (C=O) groups excluding carboxylic acids is 2. The van der Waals surface area contributed by atoms with Gasteiger partial charge in [-0.05, 0) is 13.8 Å². The van der Waals surface area contributed by atoms with Crippen molar-refractivity contribution in [2.75, 3.05) is 19.7 Å². The van der Waals surface area contributed by atoms with Crippen molar-refractivity contribution in [3.63, 3.8) is 0 Å². The molecule has 0 aromatic rings. The molecule has 12 heavy (non-hydrogen) atoms. The van der Waals surface area contributed by atoms with Crippen molar-refractivity contribution in [2.45, 2.75) is 13.8 Å². The van der Waals surface area contributed by atoms with E-state index in [0.29, 0.717) is 13.2 Å². The van der Waals surface area contributed by atoms with Crippen LogP contribution < -0.4 is 5.32 Å². The first-order valence-corrected chi connectivity index (χ1v) is 4.02. The van der Waals surface area contributed by atoms with Gasteiger partial charge in [0.15, 0.2) is 5.78 Å². The summed E-state index contributed by atoms with van der Waals surface area (Å²) in [5.41, 5.74) is -0.948. The fraction of sp³-hybridized carbons (Fsp3) is 0.750. The normalized spacial score (nSPS) is 29.0. The van der Waals surface area contributed by atoms with Crippen molar-refractivity contribution in [2.24, 2.45) is 5.41 Å². The van der Waals surface area contributed by atoms with Gasteiger partial charge in [0, 0.05) is 6.54 Å². The number of carbonyl (C=O) groups is 2. The minimum Gasteiger partial charge on any atom is -0.465 e. The van der Waals surface area contributed by atoms with Crippen LogP contribution in [0.2, 0.25) is 0 Å². The van der Waals surface area contributed by atoms with Crippen LogP contribution in [0.1, 0.15) is 13.8 Å². The fourth-order valence-electron chi connectivity index (χ4n) is 1.20. The maximum Gasteiger partial charge on any atom is 0.320 e. The van der Waals surface area contributed by atoms with E-state index >= 15 is 0 Å². The van der Waals surface area contributed by atoms with Gasteiger partial charge in [-0.15, -0.1) is 0 Å². The largest absolute Gasteiger partial charge is 0.465 e. The second-order valence-electron chi connectivity index (χ2n) is 3.08. The molecule has 0 aromatic heterocycles. The van der Waals surface area contributed by atoms with Crippen LogP contribution in [0.5, 0.6) is 0 Å². The molecule has 1 unspecified atom stereocenters. The molecule has 0 aliphatic carbocycles. The van der Waals surface area contributed by atoms with Crippen LogP contribution in [0.15, 0.2) is 0 Å². The van der Waals surface area contributed by atoms with Crippen LogP contribution >= 0.6 is 0 Å². The minimum absolute atomic E-state index is 0.0825. The smallest absolute Gasteiger partial charge is 0.320 e. The van der Waals surface area contributed by atoms with Gasteiger partial charge in [0.25, 0.3) is 0 Å². The lowest BCUT2D eigenvalue weighted by atomic mass is 9.89. The molecule has 1 aliphatic rings. The Labute approximate surface area is 71.3 Å². The lowest BCUT2D eigenvalue weighted by Crippen LogP contribution is -2.37. The number of hydrogen-bond acceptors (Lipinski definition) is 4. The lowest BCUT2D eigenvalue weighted by molar-refractivity contribution is -0.156. The van der Waals surface area contributed by atoms with E-state index in [1.165, 1.54) is 0 Å². The van der Waals surface area contributed by atoms with Crippen LogP contribution in [-0.2, 0) is 14.3 Å². The maximum atomic E-state index is 11.3. The second-order valence-corrected chi connectivity index (χ2v) is 3.08. The summed E-state index contributed by atoms with van der Waals surface area (Å²) in [6.07, 6.45) is 0. The third kappa shape index (κ3) is 1.34. The summed E-state index contributed by atoms with van der Waals surface area (Å²) >= 11 is 0. The van der Waals surface area contributed by atoms with E-state index < -0.39 is 11.4 Å². The molecule has 0 spiro atoms. The van der Waals surface area contributed by atoms with Gasteiger partial charge in [0.2, 0.25) is 0 Å². The Morgan fingerprint density at radius 2 is 2.42 bits per heavy atom. The molecule has 0 saturated carbocycles. The fourth-order valence-corrected chi connectivity index (χ4v) is 1.20. The molecule has 0 radical (unpaired) electrons. The lowest BCUT2D eigenvalue weighted by Gasteiger charge is -2.17. The number of ketones is 1. The van der Waals surface area contributed by atoms with Gasteiger partial charge in [-0.3, -0.25) is 9.59 Å². The Kier molecular flexibility index (Phi) is 2.47. The average molecular weight is 171 g/mol. The van der Waals surface area contributed by atoms with Crippen molar-refractivity contribution < 1.29 is 14.3 Å². The van der Waals surface area contributed by atoms with Crippen molar-refractivity contribution in [3.8, 4) is 0 Å². The molecule has 68 valence electrons. The first-order valence-electron chi connectivity index (χ1n) is 4.02. The molecule has 0 amide bonds. The topological polar surface area (TPSA) is 55.4 Å². The summed E-state index contributed by atoms with van der Waals surface area (Å²) in [7, 11) is 0. The van der Waals surface area contributed by atoms with E-state index in [1.54, 1.807) is 13.8 Å². The molecule has 1 atom stereocenters. The zero-order chi connectivity index (χ0) is 9.19. The van der Waals surface area contributed by atoms with Crippen molar-refractivity contribution in [3.05, 3.63) is 0 Å². The van der Waals surface area contributed by atoms with E-state index in [9.17, 15) is 9.59 Å². The highest BCUT2D eigenvalue weighted by Gasteiger charge is 2.45. The summed E-state index contributed by atoms with van der Waals surface area (Å²) in [5.74, 6) is -0.499. The Bertz CT molecular complexity index is 214. The van der Waals surface area contributed by atoms with Gasteiger partial charge in [0.05, 0.1) is 13.2 Å². The first kappa shape index (κ1) is 9.19. The summed E-state index contributed by atoms with van der Waals surface area (Å²) in [4.78, 5) is 22.5. The standard InChI is InChI=1S/C8H13NO3/c1-3-12-7(11)8(2)5-9-4-6(8)10/h9H,3-5H2,1-2H3. The van der Waals surface area contributed by atoms with Crippen LogP contribution in [-0.4, -0.2) is 31.4 Å². The van der Waals surface area contributed by atoms with Gasteiger partial charge in [-0.1, -0.05) is 0 Å². The third-order valence-electron chi connectivity index (χ3n) is 2.11. The van der Waals surface area contributed by atoms with E-state index in [0.717, 1.165) is 0 Å². The molecular formula is C8H13NO3. The summed E-state index contributed by atoms with van der Waals surface area (Å²) < 4.78 is 4.80. The van der Waals surface area contributed by atoms with Crippen LogP contribution in [0.4, 0.5) is 0 Å². The highest BCUT2D eigenvalue weighted by atomic mass is 16.5. The SMILES string of the molecule is CCOC(=O)C1(C)CNCC1=O. The van der Waals surface area contributed by atoms with E-state index in [4.69, 9.17) is 4.74 Å². The Hall–Kier alpha value is -0.900. The maximum absolute atomic E-state index is 11.3. The third-order valence-corrected chi connectivity index (χ3v) is 2.11. The van der Waals surface area contributed by atoms with E-state index in [2.05, 4.69) is 5.32 Å². The Morgan fingerprint density at radius 1 is 1.75 bits per heavy atom. The number of nitrogens with one attached hydrogen (secondary N) is 1. The molecule has 1 heterocycles. The zero-order valence-electron chi connectivity index (χ0n) is 7.35. The van der Waals surface area contributed by atoms with Crippen LogP contribution in [0, 0.1) is 5.41 Å². The van der Waals surface area contributed by atoms with Gasteiger partial charge in [0.1, 0.15) is 5.41 Å². The Morgan fingerprint density at radius 3 is 2.83 bits per heavy atom. The zero-order valence-corrected chi connectivity index (χ0v) is 7.35. The van der Waals surface area contributed by atoms with Gasteiger partial charge < -0.3 is 10.1 Å². The average Bonchev–Trinajstić information content (AvgIpc) is 2.34. The van der Waals surface area contributed by atoms with E-state index in [-0.39, 0.29) is 12.3 Å². The number of hydrogen-bond donors (Lipinski definition) is 1. The first-order chi connectivity index (χ1) is 5.61. The minimum atomic E-state index is -0.948. The predicted molar refractivity (Wildman–Crippen MR) is 42.6 cm³/mol. The van der Waals surface area contributed by atoms with E-state index in [1.807, 2.05) is 0 Å². The van der Waals surface area contributed by atoms with Crippen LogP contribution in [0.3, 0.4) is 0 Å². The van der Waals surface area contributed by atoms with Crippen LogP contribution in [0.25, 0.3) is 0 Å². The Balaban J connectivity index is 2.70. The number of ether oxygens (including phenoxy) is 1. The molecule has 1 N–H and O–H groups in total. The predicted octanol–water partition coefficient (Wildman–Crippen LogP) is -0.272. The highest BCUT2D eigenvalue weighted by molar-refractivity contribution is 6.06. The molecule has 0 aromatic carbocycles. The molecular weight excluding hydrogens is 158 g/mol. The van der Waals surface area contributed by atoms with Gasteiger partial charge in [-0.2, -0.15) is 0 Å². The monoisotopic (exact) mass is 171 g/mol. The highest BCUT2D eigenvalue weighted by Crippen LogP contribution is 2.22. The number of rotatable bonds is 2. The molecule has 4 heteroatoms. The number of Topliss-reactive ketones (excluding diaryl/α,β-unsaturated/α-hetero) is 1. The molecule has 1 aliphatic heterocycles. The molecule has 1 fully saturated rings. The molecule has 1 saturated heterocycles. The number of esters is 1. The molecule has 4 nitrogen and oxygen atoms in total.